The standard InChI is InChI=1S/C10H12BrN3OS/c1-2-12-5-3-8-13-14-10(15-8)9-7(11)4-6-16-9/h4,6,12H,2-3,5H2,1H3. The summed E-state index contributed by atoms with van der Waals surface area (Å²) in [7, 11) is 0. The van der Waals surface area contributed by atoms with Crippen LogP contribution in [0.4, 0.5) is 0 Å². The van der Waals surface area contributed by atoms with Crippen molar-refractivity contribution in [3.63, 3.8) is 0 Å². The summed E-state index contributed by atoms with van der Waals surface area (Å²) in [5, 5.41) is 13.3. The van der Waals surface area contributed by atoms with E-state index in [1.807, 2.05) is 11.4 Å². The molecule has 1 N–H and O–H groups in total. The van der Waals surface area contributed by atoms with Gasteiger partial charge < -0.3 is 9.73 Å². The summed E-state index contributed by atoms with van der Waals surface area (Å²) in [6, 6.07) is 1.97. The number of hydrogen-bond donors (Lipinski definition) is 1. The Hall–Kier alpha value is -0.720. The fourth-order valence-electron chi connectivity index (χ4n) is 1.26. The molecule has 0 aliphatic heterocycles. The summed E-state index contributed by atoms with van der Waals surface area (Å²) in [5.41, 5.74) is 0. The van der Waals surface area contributed by atoms with Crippen molar-refractivity contribution in [1.82, 2.24) is 15.5 Å². The molecule has 6 heteroatoms. The maximum absolute atomic E-state index is 5.57. The molecule has 0 fully saturated rings. The zero-order valence-corrected chi connectivity index (χ0v) is 11.3. The Bertz CT molecular complexity index is 454. The van der Waals surface area contributed by atoms with Crippen LogP contribution >= 0.6 is 27.3 Å². The molecule has 16 heavy (non-hydrogen) atoms. The van der Waals surface area contributed by atoms with Gasteiger partial charge in [0.1, 0.15) is 4.88 Å². The van der Waals surface area contributed by atoms with Gasteiger partial charge in [0.25, 0.3) is 5.89 Å². The minimum absolute atomic E-state index is 0.591. The SMILES string of the molecule is CCNCCc1nnc(-c2sccc2Br)o1. The van der Waals surface area contributed by atoms with E-state index in [9.17, 15) is 0 Å². The third-order valence-electron chi connectivity index (χ3n) is 2.04. The first-order valence-corrected chi connectivity index (χ1v) is 6.75. The molecule has 0 saturated carbocycles. The quantitative estimate of drug-likeness (QED) is 0.863. The van der Waals surface area contributed by atoms with Crippen LogP contribution < -0.4 is 5.32 Å². The molecular formula is C10H12BrN3OS. The number of rotatable bonds is 5. The molecule has 0 atom stereocenters. The second kappa shape index (κ2) is 5.56. The lowest BCUT2D eigenvalue weighted by molar-refractivity contribution is 0.497. The van der Waals surface area contributed by atoms with E-state index in [2.05, 4.69) is 38.4 Å². The molecule has 0 radical (unpaired) electrons. The van der Waals surface area contributed by atoms with Gasteiger partial charge in [0, 0.05) is 17.4 Å². The smallest absolute Gasteiger partial charge is 0.258 e. The van der Waals surface area contributed by atoms with E-state index in [1.165, 1.54) is 0 Å². The fourth-order valence-corrected chi connectivity index (χ4v) is 2.73. The molecule has 2 aromatic heterocycles. The Morgan fingerprint density at radius 1 is 1.50 bits per heavy atom. The van der Waals surface area contributed by atoms with Crippen molar-refractivity contribution in [3.05, 3.63) is 21.8 Å². The van der Waals surface area contributed by atoms with E-state index in [0.717, 1.165) is 28.9 Å². The van der Waals surface area contributed by atoms with Crippen molar-refractivity contribution in [2.45, 2.75) is 13.3 Å². The van der Waals surface area contributed by atoms with Gasteiger partial charge in [0.05, 0.1) is 0 Å². The zero-order valence-electron chi connectivity index (χ0n) is 8.86. The van der Waals surface area contributed by atoms with Crippen LogP contribution in [-0.2, 0) is 6.42 Å². The highest BCUT2D eigenvalue weighted by molar-refractivity contribution is 9.10. The lowest BCUT2D eigenvalue weighted by Crippen LogP contribution is -2.16. The molecule has 0 aromatic carbocycles. The maximum atomic E-state index is 5.57. The lowest BCUT2D eigenvalue weighted by atomic mass is 10.4. The molecule has 4 nitrogen and oxygen atoms in total. The summed E-state index contributed by atoms with van der Waals surface area (Å²) in [5.74, 6) is 1.27. The molecule has 0 spiro atoms. The van der Waals surface area contributed by atoms with Gasteiger partial charge in [-0.25, -0.2) is 0 Å². The number of likely N-dealkylation sites (N-methyl/N-ethyl adjacent to an activating group) is 1. The van der Waals surface area contributed by atoms with Crippen molar-refractivity contribution in [3.8, 4) is 10.8 Å². The Labute approximate surface area is 106 Å². The van der Waals surface area contributed by atoms with Crippen LogP contribution in [0.25, 0.3) is 10.8 Å². The second-order valence-electron chi connectivity index (χ2n) is 3.20. The summed E-state index contributed by atoms with van der Waals surface area (Å²) >= 11 is 5.03. The molecule has 2 aromatic rings. The van der Waals surface area contributed by atoms with Gasteiger partial charge >= 0.3 is 0 Å². The van der Waals surface area contributed by atoms with Crippen molar-refractivity contribution < 1.29 is 4.42 Å². The predicted molar refractivity (Wildman–Crippen MR) is 67.6 cm³/mol. The zero-order chi connectivity index (χ0) is 11.4. The molecule has 86 valence electrons. The number of thiophene rings is 1. The Kier molecular flexibility index (Phi) is 4.09. The molecule has 2 heterocycles. The monoisotopic (exact) mass is 301 g/mol. The highest BCUT2D eigenvalue weighted by Gasteiger charge is 2.12. The van der Waals surface area contributed by atoms with Crippen molar-refractivity contribution in [2.75, 3.05) is 13.1 Å². The highest BCUT2D eigenvalue weighted by Crippen LogP contribution is 2.32. The third kappa shape index (κ3) is 2.69. The molecular weight excluding hydrogens is 290 g/mol. The number of hydrogen-bond acceptors (Lipinski definition) is 5. The van der Waals surface area contributed by atoms with Crippen LogP contribution in [0.2, 0.25) is 0 Å². The number of nitrogens with zero attached hydrogens (tertiary/aromatic N) is 2. The summed E-state index contributed by atoms with van der Waals surface area (Å²) in [6.07, 6.45) is 0.768. The van der Waals surface area contributed by atoms with E-state index in [0.29, 0.717) is 11.8 Å². The van der Waals surface area contributed by atoms with E-state index in [1.54, 1.807) is 11.3 Å². The van der Waals surface area contributed by atoms with Gasteiger partial charge in [-0.1, -0.05) is 6.92 Å². The van der Waals surface area contributed by atoms with Gasteiger partial charge in [0.2, 0.25) is 5.89 Å². The summed E-state index contributed by atoms with van der Waals surface area (Å²) < 4.78 is 6.57. The number of aromatic nitrogens is 2. The Balaban J connectivity index is 2.05. The topological polar surface area (TPSA) is 51.0 Å². The Morgan fingerprint density at radius 2 is 2.38 bits per heavy atom. The average Bonchev–Trinajstić information content (AvgIpc) is 2.87. The molecule has 0 aliphatic rings. The second-order valence-corrected chi connectivity index (χ2v) is 4.97. The number of nitrogens with one attached hydrogen (secondary N) is 1. The van der Waals surface area contributed by atoms with Crippen molar-refractivity contribution in [2.24, 2.45) is 0 Å². The highest BCUT2D eigenvalue weighted by atomic mass is 79.9. The van der Waals surface area contributed by atoms with Gasteiger partial charge in [0.15, 0.2) is 0 Å². The van der Waals surface area contributed by atoms with E-state index in [4.69, 9.17) is 4.42 Å². The van der Waals surface area contributed by atoms with E-state index in [-0.39, 0.29) is 0 Å². The van der Waals surface area contributed by atoms with Crippen LogP contribution in [-0.4, -0.2) is 23.3 Å². The number of halogens is 1. The summed E-state index contributed by atoms with van der Waals surface area (Å²) in [4.78, 5) is 0.988. The van der Waals surface area contributed by atoms with Gasteiger partial charge in [-0.05, 0) is 33.9 Å². The van der Waals surface area contributed by atoms with E-state index >= 15 is 0 Å². The van der Waals surface area contributed by atoms with Gasteiger partial charge in [-0.2, -0.15) is 0 Å². The predicted octanol–water partition coefficient (Wildman–Crippen LogP) is 2.71. The minimum Gasteiger partial charge on any atom is -0.420 e. The maximum Gasteiger partial charge on any atom is 0.258 e. The first kappa shape index (κ1) is 11.8. The molecule has 0 bridgehead atoms. The normalized spacial score (nSPS) is 10.9. The van der Waals surface area contributed by atoms with Crippen molar-refractivity contribution in [1.29, 1.82) is 0 Å². The molecule has 0 saturated heterocycles. The third-order valence-corrected chi connectivity index (χ3v) is 3.87. The van der Waals surface area contributed by atoms with Crippen LogP contribution in [0, 0.1) is 0 Å². The minimum atomic E-state index is 0.591. The molecule has 0 unspecified atom stereocenters. The van der Waals surface area contributed by atoms with Crippen LogP contribution in [0.1, 0.15) is 12.8 Å². The van der Waals surface area contributed by atoms with Crippen LogP contribution in [0.3, 0.4) is 0 Å². The van der Waals surface area contributed by atoms with Crippen LogP contribution in [0.5, 0.6) is 0 Å². The molecule has 0 aliphatic carbocycles. The first-order chi connectivity index (χ1) is 7.81. The van der Waals surface area contributed by atoms with Crippen molar-refractivity contribution >= 4 is 27.3 Å². The van der Waals surface area contributed by atoms with Crippen LogP contribution in [0.15, 0.2) is 20.3 Å². The molecule has 0 amide bonds. The molecule has 2 rings (SSSR count). The first-order valence-electron chi connectivity index (χ1n) is 5.07. The summed E-state index contributed by atoms with van der Waals surface area (Å²) in [6.45, 7) is 3.89. The van der Waals surface area contributed by atoms with Gasteiger partial charge in [-0.15, -0.1) is 21.5 Å². The Morgan fingerprint density at radius 3 is 3.06 bits per heavy atom. The van der Waals surface area contributed by atoms with E-state index < -0.39 is 0 Å². The largest absolute Gasteiger partial charge is 0.420 e. The van der Waals surface area contributed by atoms with Gasteiger partial charge in [-0.3, -0.25) is 0 Å². The fraction of sp³-hybridized carbons (Fsp3) is 0.400. The lowest BCUT2D eigenvalue weighted by Gasteiger charge is -1.95. The average molecular weight is 302 g/mol.